The highest BCUT2D eigenvalue weighted by atomic mass is 16.1. The van der Waals surface area contributed by atoms with E-state index in [2.05, 4.69) is 10.6 Å². The molecule has 3 rings (SSSR count). The van der Waals surface area contributed by atoms with Crippen molar-refractivity contribution in [2.75, 3.05) is 17.6 Å². The third kappa shape index (κ3) is 4.99. The zero-order valence-electron chi connectivity index (χ0n) is 14.6. The van der Waals surface area contributed by atoms with Crippen molar-refractivity contribution in [2.24, 2.45) is 5.92 Å². The molecular weight excluding hydrogens is 310 g/mol. The maximum atomic E-state index is 12.5. The molecule has 1 aliphatic carbocycles. The molecule has 0 aromatic heterocycles. The van der Waals surface area contributed by atoms with Crippen molar-refractivity contribution < 1.29 is 4.79 Å². The average molecular weight is 337 g/mol. The number of benzene rings is 2. The Hall–Kier alpha value is -2.49. The number of hydrogen-bond acceptors (Lipinski definition) is 3. The molecule has 0 radical (unpaired) electrons. The van der Waals surface area contributed by atoms with Gasteiger partial charge in [0.2, 0.25) is 0 Å². The second-order valence-corrected chi connectivity index (χ2v) is 6.84. The summed E-state index contributed by atoms with van der Waals surface area (Å²) in [5, 5.41) is 6.33. The summed E-state index contributed by atoms with van der Waals surface area (Å²) in [6.07, 6.45) is 7.69. The first kappa shape index (κ1) is 17.3. The summed E-state index contributed by atoms with van der Waals surface area (Å²) in [6.45, 7) is 0.722. The molecule has 1 saturated carbocycles. The summed E-state index contributed by atoms with van der Waals surface area (Å²) in [5.74, 6) is 0.669. The van der Waals surface area contributed by atoms with Gasteiger partial charge in [-0.2, -0.15) is 0 Å². The fourth-order valence-electron chi connectivity index (χ4n) is 3.48. The first-order valence-corrected chi connectivity index (χ1v) is 9.22. The molecule has 1 aliphatic rings. The van der Waals surface area contributed by atoms with Crippen LogP contribution in [-0.2, 0) is 0 Å². The predicted molar refractivity (Wildman–Crippen MR) is 104 cm³/mol. The molecule has 1 amide bonds. The van der Waals surface area contributed by atoms with E-state index < -0.39 is 0 Å². The van der Waals surface area contributed by atoms with Crippen molar-refractivity contribution in [1.82, 2.24) is 5.32 Å². The van der Waals surface area contributed by atoms with Gasteiger partial charge < -0.3 is 16.4 Å². The van der Waals surface area contributed by atoms with Gasteiger partial charge in [0.05, 0.1) is 5.56 Å². The van der Waals surface area contributed by atoms with Gasteiger partial charge in [0.25, 0.3) is 5.91 Å². The van der Waals surface area contributed by atoms with E-state index in [9.17, 15) is 4.79 Å². The van der Waals surface area contributed by atoms with E-state index in [-0.39, 0.29) is 5.91 Å². The van der Waals surface area contributed by atoms with Crippen molar-refractivity contribution in [3.05, 3.63) is 54.1 Å². The zero-order valence-corrected chi connectivity index (χ0v) is 14.6. The highest BCUT2D eigenvalue weighted by Gasteiger charge is 2.15. The number of amides is 1. The summed E-state index contributed by atoms with van der Waals surface area (Å²) in [6, 6.07) is 15.4. The first-order chi connectivity index (χ1) is 12.2. The van der Waals surface area contributed by atoms with Gasteiger partial charge in [-0.15, -0.1) is 0 Å². The van der Waals surface area contributed by atoms with Crippen LogP contribution >= 0.6 is 0 Å². The van der Waals surface area contributed by atoms with Gasteiger partial charge in [-0.1, -0.05) is 50.3 Å². The third-order valence-corrected chi connectivity index (χ3v) is 4.92. The Bertz CT molecular complexity index is 694. The number of carbonyl (C=O) groups excluding carboxylic acids is 1. The van der Waals surface area contributed by atoms with E-state index in [1.54, 1.807) is 6.07 Å². The molecule has 4 nitrogen and oxygen atoms in total. The molecule has 0 saturated heterocycles. The maximum absolute atomic E-state index is 12.5. The Labute approximate surface area is 149 Å². The normalized spacial score (nSPS) is 14.9. The number of anilines is 3. The Morgan fingerprint density at radius 3 is 2.52 bits per heavy atom. The lowest BCUT2D eigenvalue weighted by molar-refractivity contribution is 0.0951. The molecule has 0 bridgehead atoms. The smallest absolute Gasteiger partial charge is 0.253 e. The van der Waals surface area contributed by atoms with Gasteiger partial charge in [0.15, 0.2) is 0 Å². The molecule has 0 atom stereocenters. The zero-order chi connectivity index (χ0) is 17.5. The largest absolute Gasteiger partial charge is 0.398 e. The summed E-state index contributed by atoms with van der Waals surface area (Å²) in [4.78, 5) is 12.5. The van der Waals surface area contributed by atoms with Crippen LogP contribution in [0.3, 0.4) is 0 Å². The fraction of sp³-hybridized carbons (Fsp3) is 0.381. The molecule has 132 valence electrons. The molecule has 0 aliphatic heterocycles. The van der Waals surface area contributed by atoms with E-state index >= 15 is 0 Å². The topological polar surface area (TPSA) is 67.1 Å². The standard InChI is InChI=1S/C21H27N3O/c22-20-12-11-18(24-17-9-5-2-6-10-17)15-19(20)21(25)23-14-13-16-7-3-1-4-8-16/h2,5-6,9-12,15-16,24H,1,3-4,7-8,13-14,22H2,(H,23,25). The Morgan fingerprint density at radius 1 is 1.00 bits per heavy atom. The highest BCUT2D eigenvalue weighted by Crippen LogP contribution is 2.26. The molecule has 2 aromatic carbocycles. The summed E-state index contributed by atoms with van der Waals surface area (Å²) >= 11 is 0. The van der Waals surface area contributed by atoms with Crippen LogP contribution < -0.4 is 16.4 Å². The van der Waals surface area contributed by atoms with Gasteiger partial charge in [0.1, 0.15) is 0 Å². The van der Waals surface area contributed by atoms with Gasteiger partial charge in [0, 0.05) is 23.6 Å². The van der Waals surface area contributed by atoms with Crippen molar-refractivity contribution in [3.63, 3.8) is 0 Å². The molecule has 0 spiro atoms. The third-order valence-electron chi connectivity index (χ3n) is 4.92. The lowest BCUT2D eigenvalue weighted by Crippen LogP contribution is -2.27. The minimum Gasteiger partial charge on any atom is -0.398 e. The summed E-state index contributed by atoms with van der Waals surface area (Å²) in [5.41, 5.74) is 8.89. The monoisotopic (exact) mass is 337 g/mol. The molecule has 0 heterocycles. The number of carbonyl (C=O) groups is 1. The Kier molecular flexibility index (Phi) is 5.94. The fourth-order valence-corrected chi connectivity index (χ4v) is 3.48. The number of para-hydroxylation sites is 1. The first-order valence-electron chi connectivity index (χ1n) is 9.22. The number of nitrogen functional groups attached to an aromatic ring is 1. The number of nitrogens with one attached hydrogen (secondary N) is 2. The molecule has 4 heteroatoms. The molecule has 25 heavy (non-hydrogen) atoms. The van der Waals surface area contributed by atoms with Crippen LogP contribution in [-0.4, -0.2) is 12.5 Å². The van der Waals surface area contributed by atoms with Crippen LogP contribution in [0.1, 0.15) is 48.9 Å². The van der Waals surface area contributed by atoms with E-state index in [1.165, 1.54) is 32.1 Å². The van der Waals surface area contributed by atoms with Crippen molar-refractivity contribution in [3.8, 4) is 0 Å². The van der Waals surface area contributed by atoms with E-state index in [4.69, 9.17) is 5.73 Å². The van der Waals surface area contributed by atoms with Crippen LogP contribution in [0.5, 0.6) is 0 Å². The Morgan fingerprint density at radius 2 is 1.76 bits per heavy atom. The van der Waals surface area contributed by atoms with E-state index in [1.807, 2.05) is 42.5 Å². The van der Waals surface area contributed by atoms with Crippen LogP contribution in [0.15, 0.2) is 48.5 Å². The van der Waals surface area contributed by atoms with Crippen LogP contribution in [0, 0.1) is 5.92 Å². The Balaban J connectivity index is 1.58. The highest BCUT2D eigenvalue weighted by molar-refractivity contribution is 6.00. The van der Waals surface area contributed by atoms with Crippen molar-refractivity contribution >= 4 is 23.0 Å². The van der Waals surface area contributed by atoms with E-state index in [0.29, 0.717) is 11.3 Å². The van der Waals surface area contributed by atoms with Gasteiger partial charge in [-0.05, 0) is 42.7 Å². The van der Waals surface area contributed by atoms with Gasteiger partial charge in [-0.25, -0.2) is 0 Å². The molecule has 0 unspecified atom stereocenters. The molecule has 1 fully saturated rings. The number of nitrogens with two attached hydrogens (primary N) is 1. The summed E-state index contributed by atoms with van der Waals surface area (Å²) < 4.78 is 0. The number of hydrogen-bond donors (Lipinski definition) is 3. The van der Waals surface area contributed by atoms with Crippen LogP contribution in [0.4, 0.5) is 17.1 Å². The minimum absolute atomic E-state index is 0.0926. The van der Waals surface area contributed by atoms with Crippen LogP contribution in [0.25, 0.3) is 0 Å². The SMILES string of the molecule is Nc1ccc(Nc2ccccc2)cc1C(=O)NCCC1CCCCC1. The minimum atomic E-state index is -0.0926. The van der Waals surface area contributed by atoms with Crippen LogP contribution in [0.2, 0.25) is 0 Å². The van der Waals surface area contributed by atoms with Crippen molar-refractivity contribution in [2.45, 2.75) is 38.5 Å². The molecule has 4 N–H and O–H groups in total. The quantitative estimate of drug-likeness (QED) is 0.669. The molecule has 2 aromatic rings. The second kappa shape index (κ2) is 8.56. The average Bonchev–Trinajstić information content (AvgIpc) is 2.65. The number of rotatable bonds is 6. The summed E-state index contributed by atoms with van der Waals surface area (Å²) in [7, 11) is 0. The van der Waals surface area contributed by atoms with E-state index in [0.717, 1.165) is 30.3 Å². The van der Waals surface area contributed by atoms with Gasteiger partial charge in [-0.3, -0.25) is 4.79 Å². The predicted octanol–water partition coefficient (Wildman–Crippen LogP) is 4.71. The lowest BCUT2D eigenvalue weighted by Gasteiger charge is -2.21. The maximum Gasteiger partial charge on any atom is 0.253 e. The van der Waals surface area contributed by atoms with Crippen molar-refractivity contribution in [1.29, 1.82) is 0 Å². The second-order valence-electron chi connectivity index (χ2n) is 6.84. The lowest BCUT2D eigenvalue weighted by atomic mass is 9.87. The molecular formula is C21H27N3O. The van der Waals surface area contributed by atoms with Gasteiger partial charge >= 0.3 is 0 Å².